The fourth-order valence-electron chi connectivity index (χ4n) is 4.85. The van der Waals surface area contributed by atoms with Crippen molar-refractivity contribution in [1.82, 2.24) is 19.9 Å². The van der Waals surface area contributed by atoms with Crippen LogP contribution in [-0.2, 0) is 11.2 Å². The first-order chi connectivity index (χ1) is 13.3. The van der Waals surface area contributed by atoms with Crippen LogP contribution in [0.2, 0.25) is 0 Å². The van der Waals surface area contributed by atoms with Crippen molar-refractivity contribution >= 4 is 22.8 Å². The lowest BCUT2D eigenvalue weighted by atomic mass is 9.76. The van der Waals surface area contributed by atoms with E-state index < -0.39 is 0 Å². The van der Waals surface area contributed by atoms with E-state index in [2.05, 4.69) is 43.0 Å². The molecular weight excluding hydrogens is 338 g/mol. The molecular formula is C21H21N5O. The molecule has 3 aromatic rings. The molecule has 1 aromatic carbocycles. The van der Waals surface area contributed by atoms with Gasteiger partial charge < -0.3 is 14.8 Å². The van der Waals surface area contributed by atoms with Crippen LogP contribution in [-0.4, -0.2) is 50.9 Å². The molecule has 27 heavy (non-hydrogen) atoms. The van der Waals surface area contributed by atoms with Crippen LogP contribution in [0.5, 0.6) is 0 Å². The van der Waals surface area contributed by atoms with Gasteiger partial charge in [-0.2, -0.15) is 0 Å². The number of hydrogen-bond donors (Lipinski definition) is 1. The molecule has 1 aliphatic heterocycles. The van der Waals surface area contributed by atoms with Crippen LogP contribution in [0.3, 0.4) is 0 Å². The van der Waals surface area contributed by atoms with Gasteiger partial charge in [0.25, 0.3) is 0 Å². The minimum Gasteiger partial charge on any atom is -0.352 e. The fourth-order valence-corrected chi connectivity index (χ4v) is 4.85. The van der Waals surface area contributed by atoms with Crippen molar-refractivity contribution in [3.63, 3.8) is 0 Å². The zero-order chi connectivity index (χ0) is 18.0. The van der Waals surface area contributed by atoms with Gasteiger partial charge in [0, 0.05) is 25.8 Å². The maximum atomic E-state index is 13.3. The van der Waals surface area contributed by atoms with Crippen LogP contribution in [0.4, 0.5) is 5.82 Å². The fraction of sp³-hybridized carbons (Fsp3) is 0.381. The average molecular weight is 359 g/mol. The normalized spacial score (nSPS) is 22.6. The van der Waals surface area contributed by atoms with Gasteiger partial charge in [-0.25, -0.2) is 9.97 Å². The maximum Gasteiger partial charge on any atom is 0.231 e. The van der Waals surface area contributed by atoms with Crippen LogP contribution in [0, 0.1) is 0 Å². The standard InChI is InChI=1S/C21H21N5O/c27-20(17-11-14-3-1-2-4-15(14)17)26-10-9-25(12-21(26)6-7-21)19-16-5-8-22-18(16)23-13-24-19/h1-5,8,13,17H,6-7,9-12H2,(H,22,23,24). The second-order valence-corrected chi connectivity index (χ2v) is 8.03. The number of aromatic amines is 1. The minimum atomic E-state index is -0.00650. The van der Waals surface area contributed by atoms with Gasteiger partial charge >= 0.3 is 0 Å². The Bertz CT molecular complexity index is 1050. The zero-order valence-electron chi connectivity index (χ0n) is 15.1. The third kappa shape index (κ3) is 2.16. The van der Waals surface area contributed by atoms with Gasteiger partial charge in [-0.15, -0.1) is 0 Å². The maximum absolute atomic E-state index is 13.3. The molecule has 3 aliphatic rings. The van der Waals surface area contributed by atoms with Crippen molar-refractivity contribution in [3.05, 3.63) is 54.0 Å². The number of piperazine rings is 1. The summed E-state index contributed by atoms with van der Waals surface area (Å²) in [6.07, 6.45) is 6.59. The van der Waals surface area contributed by atoms with E-state index >= 15 is 0 Å². The summed E-state index contributed by atoms with van der Waals surface area (Å²) in [4.78, 5) is 29.8. The number of rotatable bonds is 2. The highest BCUT2D eigenvalue weighted by Gasteiger charge is 2.55. The Balaban J connectivity index is 1.26. The number of nitrogens with one attached hydrogen (secondary N) is 1. The van der Waals surface area contributed by atoms with E-state index in [0.29, 0.717) is 5.91 Å². The molecule has 1 unspecified atom stereocenters. The first kappa shape index (κ1) is 15.2. The lowest BCUT2D eigenvalue weighted by Gasteiger charge is -2.45. The molecule has 2 fully saturated rings. The Morgan fingerprint density at radius 3 is 2.89 bits per heavy atom. The monoisotopic (exact) mass is 359 g/mol. The summed E-state index contributed by atoms with van der Waals surface area (Å²) in [5.41, 5.74) is 3.42. The van der Waals surface area contributed by atoms with Crippen LogP contribution < -0.4 is 4.90 Å². The van der Waals surface area contributed by atoms with Crippen LogP contribution in [0.1, 0.15) is 29.9 Å². The Hall–Kier alpha value is -2.89. The molecule has 6 heteroatoms. The number of amides is 1. The summed E-state index contributed by atoms with van der Waals surface area (Å²) in [7, 11) is 0. The van der Waals surface area contributed by atoms with Gasteiger partial charge in [-0.05, 0) is 36.5 Å². The zero-order valence-corrected chi connectivity index (χ0v) is 15.1. The van der Waals surface area contributed by atoms with Crippen LogP contribution in [0.15, 0.2) is 42.9 Å². The highest BCUT2D eigenvalue weighted by atomic mass is 16.2. The summed E-state index contributed by atoms with van der Waals surface area (Å²) in [6, 6.07) is 10.4. The molecule has 6 rings (SSSR count). The van der Waals surface area contributed by atoms with Crippen LogP contribution >= 0.6 is 0 Å². The largest absolute Gasteiger partial charge is 0.352 e. The predicted octanol–water partition coefficient (Wildman–Crippen LogP) is 2.48. The molecule has 1 N–H and O–H groups in total. The van der Waals surface area contributed by atoms with Crippen molar-refractivity contribution < 1.29 is 4.79 Å². The summed E-state index contributed by atoms with van der Waals surface area (Å²) in [6.45, 7) is 2.46. The molecule has 0 radical (unpaired) electrons. The molecule has 1 atom stereocenters. The van der Waals surface area contributed by atoms with Crippen molar-refractivity contribution in [2.75, 3.05) is 24.5 Å². The Labute approximate surface area is 157 Å². The first-order valence-corrected chi connectivity index (χ1v) is 9.68. The molecule has 3 heterocycles. The molecule has 1 saturated heterocycles. The number of carbonyl (C=O) groups is 1. The van der Waals surface area contributed by atoms with Gasteiger partial charge in [0.2, 0.25) is 5.91 Å². The summed E-state index contributed by atoms with van der Waals surface area (Å²) >= 11 is 0. The second-order valence-electron chi connectivity index (χ2n) is 8.03. The number of anilines is 1. The van der Waals surface area contributed by atoms with Crippen molar-refractivity contribution in [3.8, 4) is 0 Å². The molecule has 6 nitrogen and oxygen atoms in total. The topological polar surface area (TPSA) is 65.1 Å². The Morgan fingerprint density at radius 1 is 1.15 bits per heavy atom. The number of H-pyrrole nitrogens is 1. The first-order valence-electron chi connectivity index (χ1n) is 9.68. The van der Waals surface area contributed by atoms with Gasteiger partial charge in [-0.3, -0.25) is 4.79 Å². The molecule has 1 saturated carbocycles. The van der Waals surface area contributed by atoms with E-state index in [9.17, 15) is 4.79 Å². The molecule has 136 valence electrons. The number of aromatic nitrogens is 3. The Kier molecular flexibility index (Phi) is 2.99. The van der Waals surface area contributed by atoms with E-state index in [1.54, 1.807) is 6.33 Å². The van der Waals surface area contributed by atoms with Crippen molar-refractivity contribution in [2.45, 2.75) is 30.7 Å². The summed E-state index contributed by atoms with van der Waals surface area (Å²) in [5.74, 6) is 1.36. The van der Waals surface area contributed by atoms with E-state index in [4.69, 9.17) is 0 Å². The summed E-state index contributed by atoms with van der Waals surface area (Å²) in [5, 5.41) is 1.06. The lowest BCUT2D eigenvalue weighted by molar-refractivity contribution is -0.137. The van der Waals surface area contributed by atoms with E-state index in [0.717, 1.165) is 55.7 Å². The summed E-state index contributed by atoms with van der Waals surface area (Å²) < 4.78 is 0. The molecule has 1 amide bonds. The highest BCUT2D eigenvalue weighted by Crippen LogP contribution is 2.48. The van der Waals surface area contributed by atoms with Crippen molar-refractivity contribution in [1.29, 1.82) is 0 Å². The van der Waals surface area contributed by atoms with Crippen molar-refractivity contribution in [2.24, 2.45) is 0 Å². The van der Waals surface area contributed by atoms with E-state index in [1.807, 2.05) is 18.3 Å². The second kappa shape index (κ2) is 5.31. The third-order valence-corrected chi connectivity index (χ3v) is 6.53. The van der Waals surface area contributed by atoms with Gasteiger partial charge in [-0.1, -0.05) is 24.3 Å². The third-order valence-electron chi connectivity index (χ3n) is 6.53. The molecule has 0 bridgehead atoms. The number of fused-ring (bicyclic) bond motifs is 2. The van der Waals surface area contributed by atoms with Gasteiger partial charge in [0.1, 0.15) is 17.8 Å². The lowest BCUT2D eigenvalue weighted by Crippen LogP contribution is -2.59. The predicted molar refractivity (Wildman–Crippen MR) is 103 cm³/mol. The number of benzene rings is 1. The van der Waals surface area contributed by atoms with Gasteiger partial charge in [0.15, 0.2) is 0 Å². The quantitative estimate of drug-likeness (QED) is 0.763. The van der Waals surface area contributed by atoms with Crippen LogP contribution in [0.25, 0.3) is 11.0 Å². The number of carbonyl (C=O) groups excluding carboxylic acids is 1. The number of nitrogens with zero attached hydrogens (tertiary/aromatic N) is 4. The van der Waals surface area contributed by atoms with Gasteiger partial charge in [0.05, 0.1) is 16.8 Å². The highest BCUT2D eigenvalue weighted by molar-refractivity contribution is 5.89. The Morgan fingerprint density at radius 2 is 2.04 bits per heavy atom. The molecule has 1 spiro atoms. The van der Waals surface area contributed by atoms with E-state index in [-0.39, 0.29) is 11.5 Å². The average Bonchev–Trinajstić information content (AvgIpc) is 3.25. The number of hydrogen-bond acceptors (Lipinski definition) is 4. The van der Waals surface area contributed by atoms with E-state index in [1.165, 1.54) is 11.1 Å². The molecule has 2 aliphatic carbocycles. The smallest absolute Gasteiger partial charge is 0.231 e. The SMILES string of the molecule is O=C(C1Cc2ccccc21)N1CCN(c2ncnc3[nH]ccc23)CC12CC2. The molecule has 2 aromatic heterocycles. The minimum absolute atomic E-state index is 0.00650.